The number of rotatable bonds is 6. The van der Waals surface area contributed by atoms with E-state index < -0.39 is 5.91 Å². The van der Waals surface area contributed by atoms with Crippen molar-refractivity contribution in [2.45, 2.75) is 20.5 Å². The molecule has 0 aliphatic rings. The first-order valence-corrected chi connectivity index (χ1v) is 6.93. The Bertz CT molecular complexity index is 717. The summed E-state index contributed by atoms with van der Waals surface area (Å²) in [5, 5.41) is 16.2. The third-order valence-corrected chi connectivity index (χ3v) is 2.69. The molecule has 0 fully saturated rings. The van der Waals surface area contributed by atoms with Crippen molar-refractivity contribution in [2.75, 3.05) is 14.2 Å². The van der Waals surface area contributed by atoms with Gasteiger partial charge in [0.15, 0.2) is 11.4 Å². The van der Waals surface area contributed by atoms with Gasteiger partial charge in [-0.15, -0.1) is 0 Å². The van der Waals surface area contributed by atoms with Crippen molar-refractivity contribution in [3.8, 4) is 6.07 Å². The molecular weight excluding hydrogens is 312 g/mol. The van der Waals surface area contributed by atoms with Crippen molar-refractivity contribution in [1.82, 2.24) is 0 Å². The first-order chi connectivity index (χ1) is 11.5. The van der Waals surface area contributed by atoms with Crippen LogP contribution >= 0.6 is 0 Å². The molecule has 0 heterocycles. The Morgan fingerprint density at radius 3 is 2.50 bits per heavy atom. The number of aliphatic imine (C=N–C) groups is 1. The van der Waals surface area contributed by atoms with Crippen molar-refractivity contribution >= 4 is 23.2 Å². The second-order valence-corrected chi connectivity index (χ2v) is 4.48. The molecule has 0 bridgehead atoms. The number of carbonyl (C=O) groups excluding carboxylic acids is 1. The molecule has 0 radical (unpaired) electrons. The van der Waals surface area contributed by atoms with Crippen molar-refractivity contribution in [2.24, 2.45) is 15.3 Å². The van der Waals surface area contributed by atoms with Crippen LogP contribution in [-0.2, 0) is 25.8 Å². The number of amides is 1. The van der Waals surface area contributed by atoms with Gasteiger partial charge in [0.2, 0.25) is 11.8 Å². The van der Waals surface area contributed by atoms with E-state index in [0.29, 0.717) is 11.1 Å². The summed E-state index contributed by atoms with van der Waals surface area (Å²) in [5.74, 6) is -0.410. The van der Waals surface area contributed by atoms with Gasteiger partial charge >= 0.3 is 0 Å². The monoisotopic (exact) mass is 330 g/mol. The molecule has 8 heteroatoms. The van der Waals surface area contributed by atoms with E-state index in [1.807, 2.05) is 12.1 Å². The largest absolute Gasteiger partial charge is 0.479 e. The Balaban J connectivity index is 3.24. The zero-order valence-electron chi connectivity index (χ0n) is 13.9. The van der Waals surface area contributed by atoms with E-state index in [9.17, 15) is 4.79 Å². The summed E-state index contributed by atoms with van der Waals surface area (Å²) < 4.78 is 5.15. The second-order valence-electron chi connectivity index (χ2n) is 4.48. The number of hydrogen-bond acceptors (Lipinski definition) is 7. The maximum Gasteiger partial charge on any atom is 0.246 e. The molecule has 0 saturated carbocycles. The summed E-state index contributed by atoms with van der Waals surface area (Å²) in [5.41, 5.74) is 1.76. The van der Waals surface area contributed by atoms with Crippen LogP contribution in [-0.4, -0.2) is 37.4 Å². The molecule has 1 amide bonds. The molecule has 1 aromatic carbocycles. The van der Waals surface area contributed by atoms with Crippen LogP contribution in [0.4, 0.5) is 0 Å². The summed E-state index contributed by atoms with van der Waals surface area (Å²) in [6.45, 7) is 2.93. The van der Waals surface area contributed by atoms with Gasteiger partial charge in [-0.1, -0.05) is 34.6 Å². The number of nitriles is 1. The zero-order valence-corrected chi connectivity index (χ0v) is 13.9. The SMILES string of the molecule is CON=C(C(=NC(C)=O)OC)c1ccccc1CO/N=C(\C)C#N. The highest BCUT2D eigenvalue weighted by molar-refractivity contribution is 6.46. The molecule has 0 spiro atoms. The predicted molar refractivity (Wildman–Crippen MR) is 88.6 cm³/mol. The van der Waals surface area contributed by atoms with E-state index in [2.05, 4.69) is 15.3 Å². The lowest BCUT2D eigenvalue weighted by Gasteiger charge is -2.11. The van der Waals surface area contributed by atoms with Gasteiger partial charge in [-0.25, -0.2) is 0 Å². The quantitative estimate of drug-likeness (QED) is 0.451. The lowest BCUT2D eigenvalue weighted by Crippen LogP contribution is -2.21. The zero-order chi connectivity index (χ0) is 17.9. The Labute approximate surface area is 140 Å². The van der Waals surface area contributed by atoms with E-state index in [4.69, 9.17) is 19.7 Å². The minimum atomic E-state index is -0.432. The number of carbonyl (C=O) groups is 1. The molecular formula is C16H18N4O4. The summed E-state index contributed by atoms with van der Waals surface area (Å²) in [6, 6.07) is 9.00. The highest BCUT2D eigenvalue weighted by Gasteiger charge is 2.18. The fourth-order valence-electron chi connectivity index (χ4n) is 1.73. The molecule has 0 aliphatic carbocycles. The lowest BCUT2D eigenvalue weighted by atomic mass is 10.0. The van der Waals surface area contributed by atoms with Gasteiger partial charge < -0.3 is 14.4 Å². The van der Waals surface area contributed by atoms with Crippen molar-refractivity contribution in [3.63, 3.8) is 0 Å². The Kier molecular flexibility index (Phi) is 7.64. The lowest BCUT2D eigenvalue weighted by molar-refractivity contribution is -0.115. The Hall–Kier alpha value is -3.21. The molecule has 126 valence electrons. The summed E-state index contributed by atoms with van der Waals surface area (Å²) in [4.78, 5) is 25.1. The summed E-state index contributed by atoms with van der Waals surface area (Å²) in [6.07, 6.45) is 0. The topological polar surface area (TPSA) is 106 Å². The number of ether oxygens (including phenoxy) is 1. The maximum atomic E-state index is 11.3. The maximum absolute atomic E-state index is 11.3. The van der Waals surface area contributed by atoms with Gasteiger partial charge in [0, 0.05) is 18.1 Å². The fourth-order valence-corrected chi connectivity index (χ4v) is 1.73. The minimum absolute atomic E-state index is 0.0218. The number of benzene rings is 1. The van der Waals surface area contributed by atoms with Gasteiger partial charge in [-0.3, -0.25) is 4.79 Å². The van der Waals surface area contributed by atoms with Crippen LogP contribution in [0.25, 0.3) is 0 Å². The first-order valence-electron chi connectivity index (χ1n) is 6.93. The molecule has 1 rings (SSSR count). The summed E-state index contributed by atoms with van der Waals surface area (Å²) in [7, 11) is 2.76. The molecule has 1 aromatic rings. The van der Waals surface area contributed by atoms with Crippen LogP contribution in [0.1, 0.15) is 25.0 Å². The van der Waals surface area contributed by atoms with E-state index in [1.165, 1.54) is 28.1 Å². The van der Waals surface area contributed by atoms with Gasteiger partial charge in [0.25, 0.3) is 0 Å². The average Bonchev–Trinajstić information content (AvgIpc) is 2.58. The third-order valence-electron chi connectivity index (χ3n) is 2.69. The number of oxime groups is 2. The predicted octanol–water partition coefficient (Wildman–Crippen LogP) is 2.04. The van der Waals surface area contributed by atoms with Crippen molar-refractivity contribution < 1.29 is 19.2 Å². The molecule has 8 nitrogen and oxygen atoms in total. The Morgan fingerprint density at radius 1 is 1.21 bits per heavy atom. The van der Waals surface area contributed by atoms with Crippen LogP contribution < -0.4 is 0 Å². The van der Waals surface area contributed by atoms with E-state index in [0.717, 1.165) is 0 Å². The van der Waals surface area contributed by atoms with Gasteiger partial charge in [0.05, 0.1) is 7.11 Å². The third kappa shape index (κ3) is 5.53. The standard InChI is InChI=1S/C16H18N4O4/c1-11(9-17)19-24-10-13-7-5-6-8-14(13)15(20-23-4)16(22-3)18-12(2)21/h5-8H,10H2,1-4H3/b18-16?,19-11+,20-15?. The van der Waals surface area contributed by atoms with Gasteiger partial charge in [0.1, 0.15) is 19.8 Å². The van der Waals surface area contributed by atoms with E-state index in [-0.39, 0.29) is 23.9 Å². The molecule has 24 heavy (non-hydrogen) atoms. The molecule has 0 N–H and O–H groups in total. The molecule has 0 saturated heterocycles. The summed E-state index contributed by atoms with van der Waals surface area (Å²) >= 11 is 0. The van der Waals surface area contributed by atoms with Crippen LogP contribution in [0.2, 0.25) is 0 Å². The smallest absolute Gasteiger partial charge is 0.246 e. The first kappa shape index (κ1) is 18.8. The highest BCUT2D eigenvalue weighted by atomic mass is 16.6. The molecule has 0 unspecified atom stereocenters. The van der Waals surface area contributed by atoms with E-state index >= 15 is 0 Å². The number of methoxy groups -OCH3 is 1. The normalized spacial score (nSPS) is 12.4. The van der Waals surface area contributed by atoms with E-state index in [1.54, 1.807) is 18.2 Å². The number of hydrogen-bond donors (Lipinski definition) is 0. The minimum Gasteiger partial charge on any atom is -0.479 e. The number of nitrogens with zero attached hydrogens (tertiary/aromatic N) is 4. The average molecular weight is 330 g/mol. The van der Waals surface area contributed by atoms with Crippen LogP contribution in [0.5, 0.6) is 0 Å². The molecule has 0 aromatic heterocycles. The van der Waals surface area contributed by atoms with Crippen molar-refractivity contribution in [1.29, 1.82) is 5.26 Å². The van der Waals surface area contributed by atoms with Gasteiger partial charge in [-0.05, 0) is 6.92 Å². The van der Waals surface area contributed by atoms with Crippen LogP contribution in [0.3, 0.4) is 0 Å². The highest BCUT2D eigenvalue weighted by Crippen LogP contribution is 2.14. The molecule has 0 atom stereocenters. The Morgan fingerprint density at radius 2 is 1.92 bits per heavy atom. The van der Waals surface area contributed by atoms with Gasteiger partial charge in [-0.2, -0.15) is 10.3 Å². The molecule has 0 aliphatic heterocycles. The van der Waals surface area contributed by atoms with Crippen LogP contribution in [0.15, 0.2) is 39.6 Å². The fraction of sp³-hybridized carbons (Fsp3) is 0.312. The second kappa shape index (κ2) is 9.74. The van der Waals surface area contributed by atoms with Crippen molar-refractivity contribution in [3.05, 3.63) is 35.4 Å². The van der Waals surface area contributed by atoms with Crippen LogP contribution in [0, 0.1) is 11.3 Å².